The van der Waals surface area contributed by atoms with Crippen molar-refractivity contribution in [3.05, 3.63) is 44.1 Å². The topological polar surface area (TPSA) is 42.7 Å². The van der Waals surface area contributed by atoms with Crippen LogP contribution in [-0.2, 0) is 7.05 Å². The van der Waals surface area contributed by atoms with Gasteiger partial charge in [-0.05, 0) is 59.1 Å². The van der Waals surface area contributed by atoms with E-state index in [0.29, 0.717) is 0 Å². The van der Waals surface area contributed by atoms with Crippen molar-refractivity contribution < 1.29 is 0 Å². The van der Waals surface area contributed by atoms with E-state index in [9.17, 15) is 0 Å². The van der Waals surface area contributed by atoms with E-state index in [1.54, 1.807) is 0 Å². The second kappa shape index (κ2) is 6.83. The Morgan fingerprint density at radius 1 is 1.30 bits per heavy atom. The molecular weight excluding hydrogens is 384 g/mol. The molecule has 2 aromatic rings. The largest absolute Gasteiger partial charge is 0.305 e. The molecule has 6 heteroatoms. The second-order valence-corrected chi connectivity index (χ2v) is 6.50. The van der Waals surface area contributed by atoms with Crippen molar-refractivity contribution in [1.29, 1.82) is 0 Å². The van der Waals surface area contributed by atoms with Gasteiger partial charge in [0.2, 0.25) is 0 Å². The number of hydrogen-bond donors (Lipinski definition) is 1. The normalized spacial score (nSPS) is 12.7. The zero-order chi connectivity index (χ0) is 14.7. The fraction of sp³-hybridized carbons (Fsp3) is 0.429. The summed E-state index contributed by atoms with van der Waals surface area (Å²) >= 11 is 7.07. The maximum absolute atomic E-state index is 4.09. The van der Waals surface area contributed by atoms with Gasteiger partial charge < -0.3 is 5.32 Å². The summed E-state index contributed by atoms with van der Waals surface area (Å²) in [6.07, 6.45) is 1.08. The van der Waals surface area contributed by atoms with Crippen molar-refractivity contribution in [3.8, 4) is 0 Å². The molecule has 0 spiro atoms. The quantitative estimate of drug-likeness (QED) is 0.829. The summed E-state index contributed by atoms with van der Waals surface area (Å²) in [4.78, 5) is 0. The lowest BCUT2D eigenvalue weighted by atomic mass is 10.0. The fourth-order valence-corrected chi connectivity index (χ4v) is 3.42. The zero-order valence-electron chi connectivity index (χ0n) is 11.8. The number of rotatable bonds is 5. The van der Waals surface area contributed by atoms with Crippen LogP contribution in [0, 0.1) is 6.92 Å². The maximum atomic E-state index is 4.09. The summed E-state index contributed by atoms with van der Waals surface area (Å²) < 4.78 is 3.68. The molecule has 1 aromatic carbocycles. The van der Waals surface area contributed by atoms with E-state index in [2.05, 4.69) is 79.5 Å². The van der Waals surface area contributed by atoms with Gasteiger partial charge in [0.1, 0.15) is 0 Å². The molecule has 0 saturated heterocycles. The molecule has 0 bridgehead atoms. The molecule has 1 N–H and O–H groups in total. The van der Waals surface area contributed by atoms with Crippen LogP contribution in [0.15, 0.2) is 27.3 Å². The van der Waals surface area contributed by atoms with Crippen LogP contribution in [0.4, 0.5) is 0 Å². The molecule has 108 valence electrons. The minimum atomic E-state index is 0.0699. The predicted molar refractivity (Wildman–Crippen MR) is 87.7 cm³/mol. The summed E-state index contributed by atoms with van der Waals surface area (Å²) in [5, 5.41) is 11.7. The van der Waals surface area contributed by atoms with Crippen molar-refractivity contribution in [3.63, 3.8) is 0 Å². The van der Waals surface area contributed by atoms with Gasteiger partial charge in [-0.3, -0.25) is 0 Å². The molecule has 1 heterocycles. The van der Waals surface area contributed by atoms with Crippen LogP contribution in [-0.4, -0.2) is 21.5 Å². The van der Waals surface area contributed by atoms with Gasteiger partial charge in [0.05, 0.1) is 11.7 Å². The highest BCUT2D eigenvalue weighted by molar-refractivity contribution is 9.10. The highest BCUT2D eigenvalue weighted by atomic mass is 79.9. The lowest BCUT2D eigenvalue weighted by Gasteiger charge is -2.20. The molecule has 1 aromatic heterocycles. The molecule has 4 nitrogen and oxygen atoms in total. The Balaban J connectivity index is 2.47. The Morgan fingerprint density at radius 2 is 2.05 bits per heavy atom. The molecule has 0 saturated carbocycles. The highest BCUT2D eigenvalue weighted by Gasteiger charge is 2.21. The first-order valence-electron chi connectivity index (χ1n) is 6.58. The van der Waals surface area contributed by atoms with E-state index < -0.39 is 0 Å². The van der Waals surface area contributed by atoms with Crippen LogP contribution < -0.4 is 5.32 Å². The average Bonchev–Trinajstić information content (AvgIpc) is 2.70. The smallest absolute Gasteiger partial charge is 0.153 e. The molecule has 0 fully saturated rings. The fourth-order valence-electron chi connectivity index (χ4n) is 2.24. The first-order valence-corrected chi connectivity index (χ1v) is 8.17. The monoisotopic (exact) mass is 400 g/mol. The number of benzene rings is 1. The van der Waals surface area contributed by atoms with Gasteiger partial charge in [0.25, 0.3) is 0 Å². The summed E-state index contributed by atoms with van der Waals surface area (Å²) in [6.45, 7) is 5.20. The molecule has 0 radical (unpaired) electrons. The number of halogens is 2. The molecular formula is C14H18Br2N4. The predicted octanol–water partition coefficient (Wildman–Crippen LogP) is 3.74. The molecule has 20 heavy (non-hydrogen) atoms. The van der Waals surface area contributed by atoms with E-state index in [4.69, 9.17) is 0 Å². The van der Waals surface area contributed by atoms with Crippen molar-refractivity contribution in [2.75, 3.05) is 6.54 Å². The molecule has 0 aliphatic rings. The van der Waals surface area contributed by atoms with Crippen LogP contribution in [0.3, 0.4) is 0 Å². The third-order valence-electron chi connectivity index (χ3n) is 3.10. The Morgan fingerprint density at radius 3 is 2.60 bits per heavy atom. The van der Waals surface area contributed by atoms with Gasteiger partial charge in [-0.15, -0.1) is 5.10 Å². The zero-order valence-corrected chi connectivity index (χ0v) is 15.0. The Labute approximate surface area is 136 Å². The minimum absolute atomic E-state index is 0.0699. The van der Waals surface area contributed by atoms with Crippen molar-refractivity contribution in [1.82, 2.24) is 20.3 Å². The van der Waals surface area contributed by atoms with Crippen LogP contribution in [0.5, 0.6) is 0 Å². The minimum Gasteiger partial charge on any atom is -0.305 e. The number of aryl methyl sites for hydroxylation is 2. The van der Waals surface area contributed by atoms with Gasteiger partial charge >= 0.3 is 0 Å². The standard InChI is InChI=1S/C14H18Br2N4/c1-4-5-17-12(13-14(16)18-19-20(13)3)10-6-9(2)7-11(15)8-10/h6-8,12,17H,4-5H2,1-3H3. The van der Waals surface area contributed by atoms with Crippen molar-refractivity contribution >= 4 is 31.9 Å². The molecule has 1 unspecified atom stereocenters. The molecule has 1 atom stereocenters. The van der Waals surface area contributed by atoms with Crippen LogP contribution in [0.2, 0.25) is 0 Å². The average molecular weight is 402 g/mol. The number of aromatic nitrogens is 3. The van der Waals surface area contributed by atoms with E-state index in [1.807, 2.05) is 11.7 Å². The van der Waals surface area contributed by atoms with Gasteiger partial charge in [-0.25, -0.2) is 4.68 Å². The lowest BCUT2D eigenvalue weighted by Crippen LogP contribution is -2.25. The van der Waals surface area contributed by atoms with Crippen LogP contribution >= 0.6 is 31.9 Å². The SMILES string of the molecule is CCCNC(c1cc(C)cc(Br)c1)c1c(Br)nnn1C. The van der Waals surface area contributed by atoms with Crippen molar-refractivity contribution in [2.45, 2.75) is 26.3 Å². The summed E-state index contributed by atoms with van der Waals surface area (Å²) in [6, 6.07) is 6.51. The lowest BCUT2D eigenvalue weighted by molar-refractivity contribution is 0.549. The Kier molecular flexibility index (Phi) is 5.35. The highest BCUT2D eigenvalue weighted by Crippen LogP contribution is 2.29. The third-order valence-corrected chi connectivity index (χ3v) is 4.12. The first-order chi connectivity index (χ1) is 9.52. The second-order valence-electron chi connectivity index (χ2n) is 4.84. The maximum Gasteiger partial charge on any atom is 0.153 e. The number of hydrogen-bond acceptors (Lipinski definition) is 3. The first kappa shape index (κ1) is 15.7. The van der Waals surface area contributed by atoms with Gasteiger partial charge in [0, 0.05) is 11.5 Å². The van der Waals surface area contributed by atoms with E-state index in [-0.39, 0.29) is 6.04 Å². The van der Waals surface area contributed by atoms with Crippen LogP contribution in [0.1, 0.15) is 36.2 Å². The Bertz CT molecular complexity index is 555. The van der Waals surface area contributed by atoms with Crippen molar-refractivity contribution in [2.24, 2.45) is 7.05 Å². The van der Waals surface area contributed by atoms with Gasteiger partial charge in [-0.1, -0.05) is 34.1 Å². The van der Waals surface area contributed by atoms with E-state index >= 15 is 0 Å². The van der Waals surface area contributed by atoms with Gasteiger partial charge in [0.15, 0.2) is 4.60 Å². The van der Waals surface area contributed by atoms with E-state index in [1.165, 1.54) is 11.1 Å². The molecule has 0 aliphatic heterocycles. The summed E-state index contributed by atoms with van der Waals surface area (Å²) in [7, 11) is 1.92. The van der Waals surface area contributed by atoms with Crippen LogP contribution in [0.25, 0.3) is 0 Å². The molecule has 0 amide bonds. The Hall–Kier alpha value is -0.720. The third kappa shape index (κ3) is 3.48. The molecule has 2 rings (SSSR count). The summed E-state index contributed by atoms with van der Waals surface area (Å²) in [5.74, 6) is 0. The summed E-state index contributed by atoms with van der Waals surface area (Å²) in [5.41, 5.74) is 3.47. The number of nitrogens with one attached hydrogen (secondary N) is 1. The molecule has 0 aliphatic carbocycles. The number of nitrogens with zero attached hydrogens (tertiary/aromatic N) is 3. The van der Waals surface area contributed by atoms with Gasteiger partial charge in [-0.2, -0.15) is 0 Å². The van der Waals surface area contributed by atoms with E-state index in [0.717, 1.165) is 27.7 Å².